The second-order valence-electron chi connectivity index (χ2n) is 17.2. The van der Waals surface area contributed by atoms with E-state index in [9.17, 15) is 0 Å². The van der Waals surface area contributed by atoms with Crippen LogP contribution < -0.4 is 0 Å². The Labute approximate surface area is 384 Å². The molecule has 0 radical (unpaired) electrons. The quantitative estimate of drug-likeness (QED) is 0.139. The molecule has 1 heterocycles. The Balaban J connectivity index is 0.000000148. The topological polar surface area (TPSA) is 12.9 Å². The van der Waals surface area contributed by atoms with Gasteiger partial charge in [-0.1, -0.05) is 198 Å². The summed E-state index contributed by atoms with van der Waals surface area (Å²) in [7, 11) is 0. The minimum Gasteiger partial charge on any atom is -0.261 e. The van der Waals surface area contributed by atoms with Crippen LogP contribution >= 0.6 is 0 Å². The number of nitrogens with zero attached hydrogens (tertiary/aromatic N) is 1. The van der Waals surface area contributed by atoms with Gasteiger partial charge in [0.1, 0.15) is 0 Å². The molecule has 324 valence electrons. The van der Waals surface area contributed by atoms with Gasteiger partial charge < -0.3 is 0 Å². The molecule has 0 amide bonds. The van der Waals surface area contributed by atoms with E-state index in [-0.39, 0.29) is 0 Å². The van der Waals surface area contributed by atoms with E-state index < -0.39 is 0 Å². The first kappa shape index (κ1) is 48.2. The van der Waals surface area contributed by atoms with Crippen LogP contribution in [0.3, 0.4) is 0 Å². The Morgan fingerprint density at radius 3 is 0.875 bits per heavy atom. The maximum atomic E-state index is 4.08. The minimum atomic E-state index is 1.08. The molecule has 10 aromatic rings. The Hall–Kier alpha value is -6.83. The van der Waals surface area contributed by atoms with Crippen LogP contribution in [0.4, 0.5) is 0 Å². The van der Waals surface area contributed by atoms with E-state index >= 15 is 0 Å². The lowest BCUT2D eigenvalue weighted by Crippen LogP contribution is -1.87. The van der Waals surface area contributed by atoms with E-state index in [1.165, 1.54) is 104 Å². The monoisotopic (exact) mass is 838 g/mol. The van der Waals surface area contributed by atoms with E-state index in [0.29, 0.717) is 0 Å². The molecule has 0 aliphatic heterocycles. The zero-order valence-electron chi connectivity index (χ0n) is 40.3. The van der Waals surface area contributed by atoms with Gasteiger partial charge in [-0.05, 0) is 171 Å². The maximum Gasteiger partial charge on any atom is 0.0372 e. The van der Waals surface area contributed by atoms with Gasteiger partial charge in [0.05, 0.1) is 0 Å². The highest BCUT2D eigenvalue weighted by molar-refractivity contribution is 6.05. The Kier molecular flexibility index (Phi) is 17.8. The van der Waals surface area contributed by atoms with E-state index in [0.717, 1.165) is 5.69 Å². The smallest absolute Gasteiger partial charge is 0.0372 e. The van der Waals surface area contributed by atoms with Crippen molar-refractivity contribution in [3.63, 3.8) is 0 Å². The number of benzene rings is 9. The van der Waals surface area contributed by atoms with Gasteiger partial charge in [-0.15, -0.1) is 0 Å². The highest BCUT2D eigenvalue weighted by atomic mass is 14.6. The summed E-state index contributed by atoms with van der Waals surface area (Å²) < 4.78 is 0. The third-order valence-corrected chi connectivity index (χ3v) is 11.7. The van der Waals surface area contributed by atoms with Crippen LogP contribution in [-0.2, 0) is 0 Å². The summed E-state index contributed by atoms with van der Waals surface area (Å²) in [5.41, 5.74) is 15.8. The second kappa shape index (κ2) is 23.6. The van der Waals surface area contributed by atoms with Crippen molar-refractivity contribution in [3.8, 4) is 0 Å². The summed E-state index contributed by atoms with van der Waals surface area (Å²) in [6, 6.07) is 64.2. The van der Waals surface area contributed by atoms with E-state index in [4.69, 9.17) is 0 Å². The number of pyridine rings is 1. The molecule has 1 nitrogen and oxygen atoms in total. The molecule has 0 fully saturated rings. The van der Waals surface area contributed by atoms with Gasteiger partial charge in [-0.25, -0.2) is 0 Å². The van der Waals surface area contributed by atoms with E-state index in [1.54, 1.807) is 0 Å². The molecule has 0 bridgehead atoms. The Morgan fingerprint density at radius 2 is 0.562 bits per heavy atom. The first-order valence-electron chi connectivity index (χ1n) is 22.4. The molecule has 0 saturated heterocycles. The third kappa shape index (κ3) is 13.8. The first-order chi connectivity index (χ1) is 30.7. The van der Waals surface area contributed by atoms with Gasteiger partial charge in [-0.2, -0.15) is 0 Å². The molecule has 0 saturated carbocycles. The molecule has 0 aliphatic rings. The zero-order chi connectivity index (χ0) is 46.2. The maximum absolute atomic E-state index is 4.08. The predicted molar refractivity (Wildman–Crippen MR) is 283 cm³/mol. The fourth-order valence-corrected chi connectivity index (χ4v) is 7.49. The summed E-state index contributed by atoms with van der Waals surface area (Å²) >= 11 is 0. The van der Waals surface area contributed by atoms with Gasteiger partial charge in [-0.3, -0.25) is 4.98 Å². The molecule has 1 aromatic heterocycles. The molecule has 10 rings (SSSR count). The van der Waals surface area contributed by atoms with E-state index in [1.807, 2.05) is 26.1 Å². The molecule has 0 N–H and O–H groups in total. The molecular weight excluding hydrogens is 771 g/mol. The van der Waals surface area contributed by atoms with Crippen molar-refractivity contribution in [3.05, 3.63) is 255 Å². The van der Waals surface area contributed by atoms with Crippen molar-refractivity contribution in [1.29, 1.82) is 0 Å². The van der Waals surface area contributed by atoms with Crippen LogP contribution in [-0.4, -0.2) is 4.98 Å². The average molecular weight is 838 g/mol. The van der Waals surface area contributed by atoms with Gasteiger partial charge >= 0.3 is 0 Å². The molecule has 64 heavy (non-hydrogen) atoms. The van der Waals surface area contributed by atoms with Crippen molar-refractivity contribution in [1.82, 2.24) is 4.98 Å². The number of aromatic nitrogens is 1. The minimum absolute atomic E-state index is 1.08. The number of hydrogen-bond donors (Lipinski definition) is 0. The summed E-state index contributed by atoms with van der Waals surface area (Å²) in [4.78, 5) is 4.08. The highest BCUT2D eigenvalue weighted by Crippen LogP contribution is 2.31. The number of aryl methyl sites for hydroxylation is 12. The van der Waals surface area contributed by atoms with Gasteiger partial charge in [0.2, 0.25) is 0 Å². The first-order valence-corrected chi connectivity index (χ1v) is 22.4. The fraction of sp³-hybridized carbons (Fsp3) is 0.190. The highest BCUT2D eigenvalue weighted by Gasteiger charge is 2.07. The zero-order valence-corrected chi connectivity index (χ0v) is 40.3. The van der Waals surface area contributed by atoms with Gasteiger partial charge in [0.15, 0.2) is 0 Å². The SMILES string of the molecule is Cc1c2ccccc2c(C)c2ccccc12.Cc1ccc(C)c2ccccc12.Cc1ccc(C)cc1.Cc1ccc(C)nc1.Cc1ccc2cc(C)ccc2c1.Cc1ccccc1C. The largest absolute Gasteiger partial charge is 0.261 e. The van der Waals surface area contributed by atoms with Crippen LogP contribution in [0.5, 0.6) is 0 Å². The lowest BCUT2D eigenvalue weighted by atomic mass is 9.93. The summed E-state index contributed by atoms with van der Waals surface area (Å²) in [5, 5.41) is 10.9. The lowest BCUT2D eigenvalue weighted by molar-refractivity contribution is 1.17. The van der Waals surface area contributed by atoms with Crippen LogP contribution in [0.25, 0.3) is 43.1 Å². The molecule has 0 atom stereocenters. The van der Waals surface area contributed by atoms with Gasteiger partial charge in [0.25, 0.3) is 0 Å². The summed E-state index contributed by atoms with van der Waals surface area (Å²) in [5.74, 6) is 0. The molecule has 1 heteroatoms. The Morgan fingerprint density at radius 1 is 0.250 bits per heavy atom. The van der Waals surface area contributed by atoms with E-state index in [2.05, 4.69) is 250 Å². The van der Waals surface area contributed by atoms with Crippen molar-refractivity contribution in [2.45, 2.75) is 83.1 Å². The summed E-state index contributed by atoms with van der Waals surface area (Å²) in [6.45, 7) is 25.4. The van der Waals surface area contributed by atoms with Crippen molar-refractivity contribution < 1.29 is 0 Å². The molecule has 0 unspecified atom stereocenters. The Bertz CT molecular complexity index is 2740. The predicted octanol–water partition coefficient (Wildman–Crippen LogP) is 17.8. The lowest BCUT2D eigenvalue weighted by Gasteiger charge is -2.11. The summed E-state index contributed by atoms with van der Waals surface area (Å²) in [6.07, 6.45) is 1.87. The molecule has 0 aliphatic carbocycles. The number of fused-ring (bicyclic) bond motifs is 4. The van der Waals surface area contributed by atoms with Crippen molar-refractivity contribution >= 4 is 43.1 Å². The molecule has 0 spiro atoms. The third-order valence-electron chi connectivity index (χ3n) is 11.7. The number of rotatable bonds is 0. The molecule has 9 aromatic carbocycles. The van der Waals surface area contributed by atoms with Crippen LogP contribution in [0.2, 0.25) is 0 Å². The number of hydrogen-bond acceptors (Lipinski definition) is 1. The van der Waals surface area contributed by atoms with Crippen molar-refractivity contribution in [2.75, 3.05) is 0 Å². The molecular formula is C63H67N. The van der Waals surface area contributed by atoms with Gasteiger partial charge in [0, 0.05) is 11.9 Å². The normalized spacial score (nSPS) is 10.2. The van der Waals surface area contributed by atoms with Crippen LogP contribution in [0, 0.1) is 83.1 Å². The van der Waals surface area contributed by atoms with Crippen LogP contribution in [0.1, 0.15) is 66.9 Å². The van der Waals surface area contributed by atoms with Crippen LogP contribution in [0.15, 0.2) is 188 Å². The van der Waals surface area contributed by atoms with Crippen molar-refractivity contribution in [2.24, 2.45) is 0 Å². The fourth-order valence-electron chi connectivity index (χ4n) is 7.49. The average Bonchev–Trinajstić information content (AvgIpc) is 3.31. The second-order valence-corrected chi connectivity index (χ2v) is 17.2. The standard InChI is InChI=1S/C16H14.2C12H12.2C8H10.C7H9N/c1-11-13-7-3-5-9-15(13)12(2)16-10-6-4-8-14(11)16;1-9-3-5-12-8-10(2)4-6-11(12)7-9;1-9-7-8-10(2)12-6-4-3-5-11(9)12;1-7-3-5-8(2)6-4-7;1-7-5-3-4-6-8(7)2;1-6-3-4-7(2)8-5-6/h3-10H,1-2H3;2*3-8H,1-2H3;2*3-6H,1-2H3;3-5H,1-2H3.